The first kappa shape index (κ1) is 16.0. The molecule has 0 aliphatic rings. The topological polar surface area (TPSA) is 79.3 Å². The van der Waals surface area contributed by atoms with Gasteiger partial charge in [-0.25, -0.2) is 8.42 Å². The molecule has 0 bridgehead atoms. The number of hydrogen-bond acceptors (Lipinski definition) is 4. The summed E-state index contributed by atoms with van der Waals surface area (Å²) >= 11 is 0. The molecule has 1 heterocycles. The number of aromatic nitrogens is 1. The Morgan fingerprint density at radius 2 is 1.58 bits per heavy atom. The van der Waals surface area contributed by atoms with Crippen LogP contribution in [-0.4, -0.2) is 18.5 Å². The largest absolute Gasteiger partial charge is 0.508 e. The molecule has 0 unspecified atom stereocenters. The maximum absolute atomic E-state index is 12.5. The second kappa shape index (κ2) is 6.33. The molecule has 24 heavy (non-hydrogen) atoms. The molecule has 2 N–H and O–H groups in total. The Hall–Kier alpha value is -2.86. The summed E-state index contributed by atoms with van der Waals surface area (Å²) in [7, 11) is -3.72. The normalized spacial score (nSPS) is 11.2. The van der Waals surface area contributed by atoms with E-state index in [0.717, 1.165) is 16.7 Å². The van der Waals surface area contributed by atoms with Gasteiger partial charge in [-0.3, -0.25) is 9.71 Å². The van der Waals surface area contributed by atoms with E-state index in [1.54, 1.807) is 18.5 Å². The number of nitrogens with one attached hydrogen (secondary N) is 1. The molecule has 0 saturated carbocycles. The average Bonchev–Trinajstić information content (AvgIpc) is 2.58. The van der Waals surface area contributed by atoms with Crippen LogP contribution in [0.5, 0.6) is 5.75 Å². The maximum Gasteiger partial charge on any atom is 0.261 e. The number of rotatable bonds is 4. The molecule has 6 heteroatoms. The minimum Gasteiger partial charge on any atom is -0.508 e. The molecule has 0 saturated heterocycles. The molecule has 0 spiro atoms. The van der Waals surface area contributed by atoms with Gasteiger partial charge in [-0.2, -0.15) is 0 Å². The standard InChI is InChI=1S/C18H16N2O3S/c1-13-2-3-15(14-8-10-19-11-9-14)12-18(13)20-24(22,23)17-6-4-16(21)5-7-17/h2-12,20-21H,1H3. The third-order valence-electron chi connectivity index (χ3n) is 3.64. The van der Waals surface area contributed by atoms with E-state index in [2.05, 4.69) is 9.71 Å². The SMILES string of the molecule is Cc1ccc(-c2ccncc2)cc1NS(=O)(=O)c1ccc(O)cc1. The highest BCUT2D eigenvalue weighted by Gasteiger charge is 2.15. The van der Waals surface area contributed by atoms with E-state index in [9.17, 15) is 13.5 Å². The first-order chi connectivity index (χ1) is 11.5. The van der Waals surface area contributed by atoms with Gasteiger partial charge in [0.05, 0.1) is 10.6 Å². The van der Waals surface area contributed by atoms with Crippen LogP contribution in [0.15, 0.2) is 71.9 Å². The summed E-state index contributed by atoms with van der Waals surface area (Å²) in [5, 5.41) is 9.30. The summed E-state index contributed by atoms with van der Waals surface area (Å²) in [5.41, 5.74) is 3.18. The zero-order chi connectivity index (χ0) is 17.2. The smallest absolute Gasteiger partial charge is 0.261 e. The first-order valence-corrected chi connectivity index (χ1v) is 8.77. The molecule has 0 fully saturated rings. The lowest BCUT2D eigenvalue weighted by atomic mass is 10.0. The van der Waals surface area contributed by atoms with E-state index in [4.69, 9.17) is 0 Å². The van der Waals surface area contributed by atoms with Gasteiger partial charge >= 0.3 is 0 Å². The van der Waals surface area contributed by atoms with E-state index in [-0.39, 0.29) is 10.6 Å². The predicted octanol–water partition coefficient (Wildman–Crippen LogP) is 3.56. The van der Waals surface area contributed by atoms with Crippen molar-refractivity contribution in [3.05, 3.63) is 72.6 Å². The Labute approximate surface area is 140 Å². The summed E-state index contributed by atoms with van der Waals surface area (Å²) in [6, 6.07) is 14.7. The minimum absolute atomic E-state index is 0.0183. The molecule has 2 aromatic carbocycles. The lowest BCUT2D eigenvalue weighted by molar-refractivity contribution is 0.475. The van der Waals surface area contributed by atoms with Gasteiger partial charge < -0.3 is 5.11 Å². The zero-order valence-corrected chi connectivity index (χ0v) is 13.8. The van der Waals surface area contributed by atoms with E-state index < -0.39 is 10.0 Å². The zero-order valence-electron chi connectivity index (χ0n) is 13.0. The van der Waals surface area contributed by atoms with Gasteiger partial charge in [0.15, 0.2) is 0 Å². The Bertz CT molecular complexity index is 953. The fourth-order valence-corrected chi connectivity index (χ4v) is 3.41. The molecular formula is C18H16N2O3S. The molecule has 3 aromatic rings. The van der Waals surface area contributed by atoms with Crippen molar-refractivity contribution in [2.24, 2.45) is 0 Å². The van der Waals surface area contributed by atoms with Crippen LogP contribution in [0.4, 0.5) is 5.69 Å². The van der Waals surface area contributed by atoms with E-state index in [1.165, 1.54) is 24.3 Å². The quantitative estimate of drug-likeness (QED) is 0.761. The number of benzene rings is 2. The highest BCUT2D eigenvalue weighted by molar-refractivity contribution is 7.92. The average molecular weight is 340 g/mol. The lowest BCUT2D eigenvalue weighted by Crippen LogP contribution is -2.13. The number of aryl methyl sites for hydroxylation is 1. The fraction of sp³-hybridized carbons (Fsp3) is 0.0556. The van der Waals surface area contributed by atoms with Gasteiger partial charge in [0, 0.05) is 12.4 Å². The van der Waals surface area contributed by atoms with Crippen molar-refractivity contribution in [2.75, 3.05) is 4.72 Å². The third-order valence-corrected chi connectivity index (χ3v) is 5.02. The molecular weight excluding hydrogens is 324 g/mol. The third kappa shape index (κ3) is 3.38. The van der Waals surface area contributed by atoms with Crippen molar-refractivity contribution in [3.8, 4) is 16.9 Å². The fourth-order valence-electron chi connectivity index (χ4n) is 2.28. The van der Waals surface area contributed by atoms with Gasteiger partial charge in [-0.05, 0) is 66.1 Å². The molecule has 5 nitrogen and oxygen atoms in total. The number of phenolic OH excluding ortho intramolecular Hbond substituents is 1. The molecule has 122 valence electrons. The van der Waals surface area contributed by atoms with Crippen molar-refractivity contribution in [1.29, 1.82) is 0 Å². The summed E-state index contributed by atoms with van der Waals surface area (Å²) in [5.74, 6) is 0.0183. The van der Waals surface area contributed by atoms with Gasteiger partial charge in [-0.1, -0.05) is 12.1 Å². The summed E-state index contributed by atoms with van der Waals surface area (Å²) < 4.78 is 27.6. The highest BCUT2D eigenvalue weighted by Crippen LogP contribution is 2.27. The summed E-state index contributed by atoms with van der Waals surface area (Å²) in [6.45, 7) is 1.84. The molecule has 0 amide bonds. The second-order valence-corrected chi connectivity index (χ2v) is 7.05. The van der Waals surface area contributed by atoms with E-state index in [0.29, 0.717) is 5.69 Å². The van der Waals surface area contributed by atoms with Gasteiger partial charge in [0.1, 0.15) is 5.75 Å². The van der Waals surface area contributed by atoms with Crippen LogP contribution in [0.25, 0.3) is 11.1 Å². The second-order valence-electron chi connectivity index (χ2n) is 5.36. The van der Waals surface area contributed by atoms with Gasteiger partial charge in [0.25, 0.3) is 10.0 Å². The minimum atomic E-state index is -3.72. The Morgan fingerprint density at radius 3 is 2.25 bits per heavy atom. The Morgan fingerprint density at radius 1 is 0.917 bits per heavy atom. The molecule has 0 aliphatic heterocycles. The van der Waals surface area contributed by atoms with Crippen molar-refractivity contribution >= 4 is 15.7 Å². The molecule has 0 atom stereocenters. The number of pyridine rings is 1. The highest BCUT2D eigenvalue weighted by atomic mass is 32.2. The molecule has 0 radical (unpaired) electrons. The van der Waals surface area contributed by atoms with Crippen molar-refractivity contribution in [2.45, 2.75) is 11.8 Å². The number of sulfonamides is 1. The van der Waals surface area contributed by atoms with E-state index >= 15 is 0 Å². The number of phenols is 1. The molecule has 0 aliphatic carbocycles. The first-order valence-electron chi connectivity index (χ1n) is 7.29. The number of aromatic hydroxyl groups is 1. The lowest BCUT2D eigenvalue weighted by Gasteiger charge is -2.12. The summed E-state index contributed by atoms with van der Waals surface area (Å²) in [4.78, 5) is 4.08. The van der Waals surface area contributed by atoms with Crippen molar-refractivity contribution in [3.63, 3.8) is 0 Å². The van der Waals surface area contributed by atoms with E-state index in [1.807, 2.05) is 31.2 Å². The van der Waals surface area contributed by atoms with Gasteiger partial charge in [0.2, 0.25) is 0 Å². The number of hydrogen-bond donors (Lipinski definition) is 2. The Balaban J connectivity index is 1.96. The van der Waals surface area contributed by atoms with Crippen LogP contribution in [-0.2, 0) is 10.0 Å². The molecule has 1 aromatic heterocycles. The van der Waals surface area contributed by atoms with Crippen LogP contribution in [0.1, 0.15) is 5.56 Å². The molecule has 3 rings (SSSR count). The van der Waals surface area contributed by atoms with Crippen LogP contribution < -0.4 is 4.72 Å². The van der Waals surface area contributed by atoms with Crippen LogP contribution >= 0.6 is 0 Å². The van der Waals surface area contributed by atoms with Crippen molar-refractivity contribution < 1.29 is 13.5 Å². The summed E-state index contributed by atoms with van der Waals surface area (Å²) in [6.07, 6.45) is 3.38. The van der Waals surface area contributed by atoms with Crippen LogP contribution in [0.3, 0.4) is 0 Å². The Kier molecular flexibility index (Phi) is 4.22. The van der Waals surface area contributed by atoms with Crippen LogP contribution in [0, 0.1) is 6.92 Å². The maximum atomic E-state index is 12.5. The van der Waals surface area contributed by atoms with Gasteiger partial charge in [-0.15, -0.1) is 0 Å². The number of anilines is 1. The number of nitrogens with zero attached hydrogens (tertiary/aromatic N) is 1. The van der Waals surface area contributed by atoms with Crippen molar-refractivity contribution in [1.82, 2.24) is 4.98 Å². The predicted molar refractivity (Wildman–Crippen MR) is 93.3 cm³/mol. The monoisotopic (exact) mass is 340 g/mol. The van der Waals surface area contributed by atoms with Crippen LogP contribution in [0.2, 0.25) is 0 Å².